The van der Waals surface area contributed by atoms with Gasteiger partial charge in [0.1, 0.15) is 16.4 Å². The molecule has 0 unspecified atom stereocenters. The first-order valence-corrected chi connectivity index (χ1v) is 6.91. The highest BCUT2D eigenvalue weighted by molar-refractivity contribution is 9.10. The van der Waals surface area contributed by atoms with E-state index in [1.165, 1.54) is 6.07 Å². The number of aromatic carboxylic acids is 1. The van der Waals surface area contributed by atoms with Gasteiger partial charge in [0.15, 0.2) is 0 Å². The lowest BCUT2D eigenvalue weighted by molar-refractivity contribution is 0.0702. The number of aryl methyl sites for hydroxylation is 2. The molecule has 1 heterocycles. The van der Waals surface area contributed by atoms with Crippen molar-refractivity contribution in [1.82, 2.24) is 0 Å². The van der Waals surface area contributed by atoms with Gasteiger partial charge in [-0.2, -0.15) is 0 Å². The Bertz CT molecular complexity index is 581. The van der Waals surface area contributed by atoms with Gasteiger partial charge in [0, 0.05) is 15.9 Å². The molecular weight excluding hydrogens is 316 g/mol. The Balaban J connectivity index is 2.25. The van der Waals surface area contributed by atoms with Crippen LogP contribution in [0, 0.1) is 13.8 Å². The van der Waals surface area contributed by atoms with E-state index >= 15 is 0 Å². The van der Waals surface area contributed by atoms with Crippen molar-refractivity contribution >= 4 is 33.2 Å². The minimum absolute atomic E-state index is 0.274. The molecule has 0 atom stereocenters. The van der Waals surface area contributed by atoms with Crippen LogP contribution in [0.15, 0.2) is 28.1 Å². The smallest absolute Gasteiger partial charge is 0.346 e. The second-order valence-corrected chi connectivity index (χ2v) is 5.63. The van der Waals surface area contributed by atoms with Gasteiger partial charge >= 0.3 is 5.97 Å². The molecule has 0 bridgehead atoms. The van der Waals surface area contributed by atoms with Crippen LogP contribution >= 0.6 is 27.3 Å². The molecule has 0 fully saturated rings. The number of thiophene rings is 1. The van der Waals surface area contributed by atoms with Crippen molar-refractivity contribution in [3.8, 4) is 11.5 Å². The molecule has 0 saturated carbocycles. The van der Waals surface area contributed by atoms with Gasteiger partial charge < -0.3 is 9.84 Å². The fourth-order valence-electron chi connectivity index (χ4n) is 1.59. The number of rotatable bonds is 3. The lowest BCUT2D eigenvalue weighted by Gasteiger charge is -2.08. The summed E-state index contributed by atoms with van der Waals surface area (Å²) in [5, 5.41) is 10.5. The minimum atomic E-state index is -0.932. The quantitative estimate of drug-likeness (QED) is 0.895. The molecule has 0 radical (unpaired) electrons. The number of ether oxygens (including phenoxy) is 1. The van der Waals surface area contributed by atoms with Gasteiger partial charge in [-0.15, -0.1) is 11.3 Å². The molecule has 1 aromatic carbocycles. The van der Waals surface area contributed by atoms with E-state index in [2.05, 4.69) is 15.9 Å². The Labute approximate surface area is 117 Å². The zero-order chi connectivity index (χ0) is 13.3. The highest BCUT2D eigenvalue weighted by Gasteiger charge is 2.09. The van der Waals surface area contributed by atoms with E-state index < -0.39 is 5.97 Å². The third-order valence-corrected chi connectivity index (χ3v) is 4.58. The van der Waals surface area contributed by atoms with Gasteiger partial charge in [0.25, 0.3) is 0 Å². The topological polar surface area (TPSA) is 46.5 Å². The van der Waals surface area contributed by atoms with Crippen molar-refractivity contribution in [2.45, 2.75) is 13.8 Å². The summed E-state index contributed by atoms with van der Waals surface area (Å²) in [5.41, 5.74) is 2.16. The normalized spacial score (nSPS) is 10.4. The van der Waals surface area contributed by atoms with Crippen LogP contribution in [-0.4, -0.2) is 11.1 Å². The van der Waals surface area contributed by atoms with Gasteiger partial charge in [-0.05, 0) is 37.1 Å². The van der Waals surface area contributed by atoms with Crippen LogP contribution in [0.2, 0.25) is 0 Å². The van der Waals surface area contributed by atoms with E-state index in [-0.39, 0.29) is 4.88 Å². The summed E-state index contributed by atoms with van der Waals surface area (Å²) in [5.74, 6) is 0.333. The van der Waals surface area contributed by atoms with Crippen molar-refractivity contribution in [1.29, 1.82) is 0 Å². The fraction of sp³-hybridized carbons (Fsp3) is 0.154. The zero-order valence-corrected chi connectivity index (χ0v) is 12.3. The molecule has 0 spiro atoms. The molecule has 0 amide bonds. The van der Waals surface area contributed by atoms with Gasteiger partial charge in [-0.25, -0.2) is 4.79 Å². The standard InChI is InChI=1S/C13H11BrO3S/c1-7-3-9(4-8(2)12(7)14)17-10-5-11(13(15)16)18-6-10/h3-6H,1-2H3,(H,15,16). The number of benzene rings is 1. The van der Waals surface area contributed by atoms with Gasteiger partial charge in [-0.1, -0.05) is 15.9 Å². The van der Waals surface area contributed by atoms with Crippen LogP contribution in [0.3, 0.4) is 0 Å². The summed E-state index contributed by atoms with van der Waals surface area (Å²) >= 11 is 4.65. The van der Waals surface area contributed by atoms with Crippen molar-refractivity contribution in [3.63, 3.8) is 0 Å². The Morgan fingerprint density at radius 2 is 1.83 bits per heavy atom. The van der Waals surface area contributed by atoms with E-state index in [1.54, 1.807) is 5.38 Å². The molecule has 0 saturated heterocycles. The van der Waals surface area contributed by atoms with Crippen LogP contribution in [0.4, 0.5) is 0 Å². The highest BCUT2D eigenvalue weighted by Crippen LogP contribution is 2.31. The van der Waals surface area contributed by atoms with Crippen LogP contribution < -0.4 is 4.74 Å². The Kier molecular flexibility index (Phi) is 3.73. The number of carbonyl (C=O) groups is 1. The third kappa shape index (κ3) is 2.73. The first-order chi connectivity index (χ1) is 8.47. The third-order valence-electron chi connectivity index (χ3n) is 2.43. The molecule has 18 heavy (non-hydrogen) atoms. The van der Waals surface area contributed by atoms with Gasteiger partial charge in [0.2, 0.25) is 0 Å². The van der Waals surface area contributed by atoms with Crippen LogP contribution in [-0.2, 0) is 0 Å². The largest absolute Gasteiger partial charge is 0.477 e. The molecule has 2 aromatic rings. The second kappa shape index (κ2) is 5.12. The molecule has 1 aromatic heterocycles. The van der Waals surface area contributed by atoms with Crippen LogP contribution in [0.5, 0.6) is 11.5 Å². The highest BCUT2D eigenvalue weighted by atomic mass is 79.9. The van der Waals surface area contributed by atoms with Crippen molar-refractivity contribution in [2.75, 3.05) is 0 Å². The number of halogens is 1. The van der Waals surface area contributed by atoms with Crippen molar-refractivity contribution < 1.29 is 14.6 Å². The van der Waals surface area contributed by atoms with E-state index in [0.717, 1.165) is 26.9 Å². The average Bonchev–Trinajstić information content (AvgIpc) is 2.74. The molecule has 1 N–H and O–H groups in total. The summed E-state index contributed by atoms with van der Waals surface area (Å²) in [6, 6.07) is 5.35. The summed E-state index contributed by atoms with van der Waals surface area (Å²) in [7, 11) is 0. The van der Waals surface area contributed by atoms with E-state index in [4.69, 9.17) is 9.84 Å². The second-order valence-electron chi connectivity index (χ2n) is 3.92. The first-order valence-electron chi connectivity index (χ1n) is 5.24. The monoisotopic (exact) mass is 326 g/mol. The SMILES string of the molecule is Cc1cc(Oc2csc(C(=O)O)c2)cc(C)c1Br. The molecule has 5 heteroatoms. The van der Waals surface area contributed by atoms with Crippen molar-refractivity contribution in [2.24, 2.45) is 0 Å². The molecule has 94 valence electrons. The van der Waals surface area contributed by atoms with E-state index in [9.17, 15) is 4.79 Å². The lowest BCUT2D eigenvalue weighted by Crippen LogP contribution is -1.90. The van der Waals surface area contributed by atoms with Gasteiger partial charge in [-0.3, -0.25) is 0 Å². The molecule has 0 aliphatic carbocycles. The number of hydrogen-bond acceptors (Lipinski definition) is 3. The van der Waals surface area contributed by atoms with Gasteiger partial charge in [0.05, 0.1) is 0 Å². The summed E-state index contributed by atoms with van der Waals surface area (Å²) in [6.45, 7) is 3.97. The zero-order valence-electron chi connectivity index (χ0n) is 9.86. The Hall–Kier alpha value is -1.33. The predicted octanol–water partition coefficient (Wildman–Crippen LogP) is 4.62. The summed E-state index contributed by atoms with van der Waals surface area (Å²) in [4.78, 5) is 11.0. The predicted molar refractivity (Wildman–Crippen MR) is 75.0 cm³/mol. The maximum Gasteiger partial charge on any atom is 0.346 e. The van der Waals surface area contributed by atoms with Crippen LogP contribution in [0.25, 0.3) is 0 Å². The van der Waals surface area contributed by atoms with Crippen LogP contribution in [0.1, 0.15) is 20.8 Å². The first kappa shape index (κ1) is 13.1. The van der Waals surface area contributed by atoms with E-state index in [1.807, 2.05) is 26.0 Å². The maximum absolute atomic E-state index is 10.8. The summed E-state index contributed by atoms with van der Waals surface area (Å²) in [6.07, 6.45) is 0. The molecular formula is C13H11BrO3S. The fourth-order valence-corrected chi connectivity index (χ4v) is 2.46. The lowest BCUT2D eigenvalue weighted by atomic mass is 10.1. The number of hydrogen-bond donors (Lipinski definition) is 1. The van der Waals surface area contributed by atoms with Crippen molar-refractivity contribution in [3.05, 3.63) is 44.1 Å². The summed E-state index contributed by atoms with van der Waals surface area (Å²) < 4.78 is 6.71. The Morgan fingerprint density at radius 3 is 2.33 bits per heavy atom. The Morgan fingerprint density at radius 1 is 1.22 bits per heavy atom. The van der Waals surface area contributed by atoms with E-state index in [0.29, 0.717) is 11.5 Å². The number of carboxylic acids is 1. The molecule has 2 rings (SSSR count). The molecule has 0 aliphatic heterocycles. The number of carboxylic acid groups (broad SMARTS) is 1. The molecule has 3 nitrogen and oxygen atoms in total. The molecule has 0 aliphatic rings. The average molecular weight is 327 g/mol. The minimum Gasteiger partial charge on any atom is -0.477 e. The maximum atomic E-state index is 10.8.